The first-order valence-electron chi connectivity index (χ1n) is 7.96. The van der Waals surface area contributed by atoms with Crippen LogP contribution < -0.4 is 10.6 Å². The Morgan fingerprint density at radius 1 is 1.23 bits per heavy atom. The van der Waals surface area contributed by atoms with Gasteiger partial charge in [-0.05, 0) is 30.5 Å². The molecule has 0 amide bonds. The molecule has 0 bridgehead atoms. The van der Waals surface area contributed by atoms with Crippen LogP contribution in [0.25, 0.3) is 0 Å². The minimum Gasteiger partial charge on any atom is -0.356 e. The summed E-state index contributed by atoms with van der Waals surface area (Å²) in [6, 6.07) is 3.20. The summed E-state index contributed by atoms with van der Waals surface area (Å²) in [5.74, 6) is -0.808. The van der Waals surface area contributed by atoms with E-state index in [1.807, 2.05) is 0 Å². The van der Waals surface area contributed by atoms with Crippen molar-refractivity contribution < 1.29 is 22.0 Å². The van der Waals surface area contributed by atoms with Crippen molar-refractivity contribution in [3.05, 3.63) is 35.4 Å². The second-order valence-electron chi connectivity index (χ2n) is 6.01. The molecule has 0 saturated carbocycles. The van der Waals surface area contributed by atoms with E-state index < -0.39 is 24.4 Å². The van der Waals surface area contributed by atoms with Crippen LogP contribution in [0.15, 0.2) is 23.2 Å². The Hall–Kier alpha value is -1.17. The number of guanidine groups is 1. The van der Waals surface area contributed by atoms with Crippen LogP contribution in [0.5, 0.6) is 0 Å². The highest BCUT2D eigenvalue weighted by Gasteiger charge is 2.34. The van der Waals surface area contributed by atoms with Crippen molar-refractivity contribution in [3.8, 4) is 0 Å². The maximum absolute atomic E-state index is 13.1. The average molecular weight is 492 g/mol. The minimum atomic E-state index is -4.20. The van der Waals surface area contributed by atoms with Crippen molar-refractivity contribution in [3.63, 3.8) is 0 Å². The molecule has 4 nitrogen and oxygen atoms in total. The molecule has 1 heterocycles. The zero-order chi connectivity index (χ0) is 18.4. The summed E-state index contributed by atoms with van der Waals surface area (Å²) in [5.41, 5.74) is 0.512. The lowest BCUT2D eigenvalue weighted by Gasteiger charge is -2.19. The van der Waals surface area contributed by atoms with Crippen LogP contribution in [-0.4, -0.2) is 56.3 Å². The van der Waals surface area contributed by atoms with Crippen LogP contribution in [0, 0.1) is 11.6 Å². The van der Waals surface area contributed by atoms with E-state index in [9.17, 15) is 22.0 Å². The molecular weight excluding hydrogens is 470 g/mol. The smallest absolute Gasteiger partial charge is 0.356 e. The molecule has 2 rings (SSSR count). The Labute approximate surface area is 166 Å². The van der Waals surface area contributed by atoms with Gasteiger partial charge in [-0.2, -0.15) is 13.2 Å². The Morgan fingerprint density at radius 2 is 1.88 bits per heavy atom. The predicted molar refractivity (Wildman–Crippen MR) is 101 cm³/mol. The zero-order valence-corrected chi connectivity index (χ0v) is 16.6. The standard InChI is InChI=1S/C16H21F5N4.HI/c1-22-15(23-4-2-11-6-12(17)8-13(18)7-11)24-14-3-5-25(9-14)10-16(19,20)21;/h6-8,14H,2-5,9-10H2,1H3,(H2,22,23,24);1H. The summed E-state index contributed by atoms with van der Waals surface area (Å²) in [6.45, 7) is 0.135. The summed E-state index contributed by atoms with van der Waals surface area (Å²) < 4.78 is 63.4. The molecule has 0 aromatic heterocycles. The third-order valence-electron chi connectivity index (χ3n) is 3.87. The molecule has 0 spiro atoms. The monoisotopic (exact) mass is 492 g/mol. The maximum atomic E-state index is 13.1. The maximum Gasteiger partial charge on any atom is 0.401 e. The van der Waals surface area contributed by atoms with Crippen molar-refractivity contribution >= 4 is 29.9 Å². The number of aliphatic imine (C=N–C) groups is 1. The number of likely N-dealkylation sites (tertiary alicyclic amines) is 1. The van der Waals surface area contributed by atoms with Crippen LogP contribution in [0.4, 0.5) is 22.0 Å². The predicted octanol–water partition coefficient (Wildman–Crippen LogP) is 2.93. The van der Waals surface area contributed by atoms with Gasteiger partial charge in [0, 0.05) is 38.8 Å². The first kappa shape index (κ1) is 22.9. The number of hydrogen-bond acceptors (Lipinski definition) is 2. The van der Waals surface area contributed by atoms with E-state index >= 15 is 0 Å². The van der Waals surface area contributed by atoms with Gasteiger partial charge in [0.1, 0.15) is 11.6 Å². The largest absolute Gasteiger partial charge is 0.401 e. The van der Waals surface area contributed by atoms with Gasteiger partial charge < -0.3 is 10.6 Å². The van der Waals surface area contributed by atoms with Crippen molar-refractivity contribution in [1.29, 1.82) is 0 Å². The van der Waals surface area contributed by atoms with Gasteiger partial charge in [0.05, 0.1) is 6.54 Å². The zero-order valence-electron chi connectivity index (χ0n) is 14.2. The molecule has 1 aromatic carbocycles. The quantitative estimate of drug-likeness (QED) is 0.288. The SMILES string of the molecule is CN=C(NCCc1cc(F)cc(F)c1)NC1CCN(CC(F)(F)F)C1.I. The van der Waals surface area contributed by atoms with Gasteiger partial charge in [-0.1, -0.05) is 0 Å². The van der Waals surface area contributed by atoms with E-state index in [4.69, 9.17) is 0 Å². The molecule has 1 unspecified atom stereocenters. The van der Waals surface area contributed by atoms with Crippen molar-refractivity contribution in [2.75, 3.05) is 33.2 Å². The van der Waals surface area contributed by atoms with Crippen LogP contribution in [0.3, 0.4) is 0 Å². The first-order chi connectivity index (χ1) is 11.7. The van der Waals surface area contributed by atoms with Gasteiger partial charge in [-0.25, -0.2) is 8.78 Å². The molecule has 1 fully saturated rings. The molecule has 1 saturated heterocycles. The molecule has 0 aliphatic carbocycles. The number of halogens is 6. The van der Waals surface area contributed by atoms with Gasteiger partial charge >= 0.3 is 6.18 Å². The van der Waals surface area contributed by atoms with E-state index in [0.29, 0.717) is 37.5 Å². The molecular formula is C16H22F5IN4. The van der Waals surface area contributed by atoms with Gasteiger partial charge in [0.25, 0.3) is 0 Å². The van der Waals surface area contributed by atoms with Gasteiger partial charge in [0.2, 0.25) is 0 Å². The van der Waals surface area contributed by atoms with Crippen LogP contribution in [-0.2, 0) is 6.42 Å². The highest BCUT2D eigenvalue weighted by molar-refractivity contribution is 14.0. The molecule has 10 heteroatoms. The number of nitrogens with zero attached hydrogens (tertiary/aromatic N) is 2. The minimum absolute atomic E-state index is 0. The van der Waals surface area contributed by atoms with E-state index in [-0.39, 0.29) is 36.6 Å². The topological polar surface area (TPSA) is 39.7 Å². The molecule has 1 aliphatic rings. The van der Waals surface area contributed by atoms with Crippen LogP contribution >= 0.6 is 24.0 Å². The van der Waals surface area contributed by atoms with E-state index in [1.54, 1.807) is 7.05 Å². The van der Waals surface area contributed by atoms with Crippen molar-refractivity contribution in [2.24, 2.45) is 4.99 Å². The van der Waals surface area contributed by atoms with Crippen molar-refractivity contribution in [1.82, 2.24) is 15.5 Å². The third-order valence-corrected chi connectivity index (χ3v) is 3.87. The Balaban J connectivity index is 0.00000338. The normalized spacial score (nSPS) is 18.5. The number of hydrogen-bond donors (Lipinski definition) is 2. The molecule has 1 aliphatic heterocycles. The second kappa shape index (κ2) is 10.2. The lowest BCUT2D eigenvalue weighted by molar-refractivity contribution is -0.143. The van der Waals surface area contributed by atoms with Crippen LogP contribution in [0.2, 0.25) is 0 Å². The lowest BCUT2D eigenvalue weighted by atomic mass is 10.1. The summed E-state index contributed by atoms with van der Waals surface area (Å²) in [5, 5.41) is 6.07. The van der Waals surface area contributed by atoms with E-state index in [1.165, 1.54) is 17.0 Å². The molecule has 1 aromatic rings. The molecule has 2 N–H and O–H groups in total. The number of nitrogens with one attached hydrogen (secondary N) is 2. The van der Waals surface area contributed by atoms with E-state index in [0.717, 1.165) is 6.07 Å². The number of rotatable bonds is 5. The highest BCUT2D eigenvalue weighted by Crippen LogP contribution is 2.19. The average Bonchev–Trinajstić information content (AvgIpc) is 2.90. The summed E-state index contributed by atoms with van der Waals surface area (Å²) >= 11 is 0. The Kier molecular flexibility index (Phi) is 9.01. The number of alkyl halides is 3. The lowest BCUT2D eigenvalue weighted by Crippen LogP contribution is -2.45. The summed E-state index contributed by atoms with van der Waals surface area (Å²) in [4.78, 5) is 5.37. The Morgan fingerprint density at radius 3 is 2.46 bits per heavy atom. The van der Waals surface area contributed by atoms with Crippen molar-refractivity contribution in [2.45, 2.75) is 25.1 Å². The third kappa shape index (κ3) is 8.02. The van der Waals surface area contributed by atoms with Gasteiger partial charge in [-0.15, -0.1) is 24.0 Å². The van der Waals surface area contributed by atoms with Crippen LogP contribution in [0.1, 0.15) is 12.0 Å². The van der Waals surface area contributed by atoms with Gasteiger partial charge in [0.15, 0.2) is 5.96 Å². The number of benzene rings is 1. The van der Waals surface area contributed by atoms with E-state index in [2.05, 4.69) is 15.6 Å². The molecule has 1 atom stereocenters. The van der Waals surface area contributed by atoms with Gasteiger partial charge in [-0.3, -0.25) is 9.89 Å². The molecule has 26 heavy (non-hydrogen) atoms. The Bertz CT molecular complexity index is 589. The second-order valence-corrected chi connectivity index (χ2v) is 6.01. The fraction of sp³-hybridized carbons (Fsp3) is 0.562. The first-order valence-corrected chi connectivity index (χ1v) is 7.96. The molecule has 0 radical (unpaired) electrons. The molecule has 148 valence electrons. The summed E-state index contributed by atoms with van der Waals surface area (Å²) in [7, 11) is 1.56. The highest BCUT2D eigenvalue weighted by atomic mass is 127. The fourth-order valence-electron chi connectivity index (χ4n) is 2.82. The summed E-state index contributed by atoms with van der Waals surface area (Å²) in [6.07, 6.45) is -3.22. The fourth-order valence-corrected chi connectivity index (χ4v) is 2.82.